The van der Waals surface area contributed by atoms with Gasteiger partial charge in [0.1, 0.15) is 4.88 Å². The molecular weight excluding hydrogens is 384 g/mol. The maximum atomic E-state index is 11.6. The quantitative estimate of drug-likeness (QED) is 0.355. The van der Waals surface area contributed by atoms with E-state index in [1.54, 1.807) is 0 Å². The van der Waals surface area contributed by atoms with E-state index in [0.29, 0.717) is 22.6 Å². The molecule has 28 heavy (non-hydrogen) atoms. The minimum atomic E-state index is -1.71. The minimum absolute atomic E-state index is 0.256. The largest absolute Gasteiger partial charge is 0.465 e. The van der Waals surface area contributed by atoms with Gasteiger partial charge in [0.2, 0.25) is 0 Å². The lowest BCUT2D eigenvalue weighted by molar-refractivity contribution is 0.0606. The maximum Gasteiger partial charge on any atom is 0.348 e. The number of esters is 1. The van der Waals surface area contributed by atoms with Gasteiger partial charge in [0.05, 0.1) is 7.11 Å². The van der Waals surface area contributed by atoms with E-state index in [-0.39, 0.29) is 11.0 Å². The van der Waals surface area contributed by atoms with E-state index in [9.17, 15) is 4.79 Å². The van der Waals surface area contributed by atoms with Crippen molar-refractivity contribution in [1.82, 2.24) is 0 Å². The van der Waals surface area contributed by atoms with Crippen LogP contribution in [0.15, 0.2) is 18.2 Å². The second-order valence-corrected chi connectivity index (χ2v) is 15.8. The van der Waals surface area contributed by atoms with Crippen molar-refractivity contribution >= 4 is 31.7 Å². The molecule has 1 aliphatic carbocycles. The Morgan fingerprint density at radius 3 is 2.46 bits per heavy atom. The highest BCUT2D eigenvalue weighted by atomic mass is 32.1. The van der Waals surface area contributed by atoms with Gasteiger partial charge >= 0.3 is 5.97 Å². The average Bonchev–Trinajstić information content (AvgIpc) is 3.16. The summed E-state index contributed by atoms with van der Waals surface area (Å²) in [6, 6.07) is 3.83. The van der Waals surface area contributed by atoms with Gasteiger partial charge in [-0.05, 0) is 72.9 Å². The monoisotopic (exact) mass is 422 g/mol. The highest BCUT2D eigenvalue weighted by Crippen LogP contribution is 2.45. The van der Waals surface area contributed by atoms with E-state index in [1.165, 1.54) is 24.9 Å². The van der Waals surface area contributed by atoms with Crippen molar-refractivity contribution in [1.29, 1.82) is 0 Å². The first-order valence-corrected chi connectivity index (χ1v) is 14.2. The Kier molecular flexibility index (Phi) is 7.74. The van der Waals surface area contributed by atoms with Crippen molar-refractivity contribution in [2.24, 2.45) is 23.7 Å². The van der Waals surface area contributed by atoms with Crippen molar-refractivity contribution in [3.8, 4) is 0 Å². The van der Waals surface area contributed by atoms with E-state index >= 15 is 0 Å². The number of hydrogen-bond donors (Lipinski definition) is 0. The summed E-state index contributed by atoms with van der Waals surface area (Å²) >= 11 is 1.49. The van der Waals surface area contributed by atoms with Gasteiger partial charge in [-0.1, -0.05) is 40.7 Å². The van der Waals surface area contributed by atoms with E-state index < -0.39 is 8.32 Å². The minimum Gasteiger partial charge on any atom is -0.465 e. The van der Waals surface area contributed by atoms with E-state index in [0.717, 1.165) is 23.8 Å². The van der Waals surface area contributed by atoms with Crippen LogP contribution < -0.4 is 0 Å². The number of thiophene rings is 1. The third-order valence-corrected chi connectivity index (χ3v) is 12.4. The first kappa shape index (κ1) is 23.4. The van der Waals surface area contributed by atoms with Gasteiger partial charge in [-0.2, -0.15) is 0 Å². The van der Waals surface area contributed by atoms with Crippen molar-refractivity contribution < 1.29 is 14.0 Å². The van der Waals surface area contributed by atoms with Crippen LogP contribution in [-0.4, -0.2) is 28.0 Å². The number of ether oxygens (including phenoxy) is 1. The second kappa shape index (κ2) is 9.27. The van der Waals surface area contributed by atoms with Crippen LogP contribution in [0.25, 0.3) is 6.08 Å². The molecule has 1 saturated carbocycles. The molecule has 1 fully saturated rings. The molecule has 0 aromatic carbocycles. The summed E-state index contributed by atoms with van der Waals surface area (Å²) in [5, 5.41) is 0.256. The van der Waals surface area contributed by atoms with Crippen LogP contribution in [0.2, 0.25) is 18.1 Å². The topological polar surface area (TPSA) is 35.5 Å². The smallest absolute Gasteiger partial charge is 0.348 e. The van der Waals surface area contributed by atoms with Crippen LogP contribution in [0.5, 0.6) is 0 Å². The fraction of sp³-hybridized carbons (Fsp3) is 0.696. The lowest BCUT2D eigenvalue weighted by atomic mass is 9.86. The molecule has 0 amide bonds. The summed E-state index contributed by atoms with van der Waals surface area (Å²) in [6.45, 7) is 17.3. The van der Waals surface area contributed by atoms with Crippen molar-refractivity contribution in [3.05, 3.63) is 28.0 Å². The molecule has 1 heterocycles. The number of rotatable bonds is 7. The van der Waals surface area contributed by atoms with Crippen molar-refractivity contribution in [3.63, 3.8) is 0 Å². The van der Waals surface area contributed by atoms with Gasteiger partial charge in [-0.15, -0.1) is 11.3 Å². The van der Waals surface area contributed by atoms with Crippen LogP contribution >= 0.6 is 11.3 Å². The van der Waals surface area contributed by atoms with E-state index in [4.69, 9.17) is 9.16 Å². The highest BCUT2D eigenvalue weighted by molar-refractivity contribution is 7.14. The predicted octanol–water partition coefficient (Wildman–Crippen LogP) is 6.87. The second-order valence-electron chi connectivity index (χ2n) is 9.92. The molecular formula is C23H38O3SSi. The van der Waals surface area contributed by atoms with Gasteiger partial charge in [0, 0.05) is 11.5 Å². The zero-order valence-electron chi connectivity index (χ0n) is 18.9. The van der Waals surface area contributed by atoms with Crippen LogP contribution in [0, 0.1) is 23.7 Å². The molecule has 1 aromatic heterocycles. The van der Waals surface area contributed by atoms with Gasteiger partial charge in [-0.25, -0.2) is 4.79 Å². The third-order valence-electron chi connectivity index (χ3n) is 6.90. The van der Waals surface area contributed by atoms with Gasteiger partial charge in [-0.3, -0.25) is 0 Å². The Hall–Kier alpha value is -0.913. The normalized spacial score (nSPS) is 26.1. The molecule has 1 aliphatic rings. The number of hydrogen-bond acceptors (Lipinski definition) is 4. The van der Waals surface area contributed by atoms with Crippen LogP contribution in [0.1, 0.15) is 62.0 Å². The fourth-order valence-corrected chi connectivity index (χ4v) is 5.89. The maximum absolute atomic E-state index is 11.6. The Morgan fingerprint density at radius 2 is 1.86 bits per heavy atom. The number of allylic oxidation sites excluding steroid dienone is 1. The molecule has 1 aromatic rings. The Balaban J connectivity index is 2.00. The molecule has 158 valence electrons. The molecule has 0 bridgehead atoms. The van der Waals surface area contributed by atoms with Gasteiger partial charge < -0.3 is 9.16 Å². The molecule has 5 heteroatoms. The third kappa shape index (κ3) is 5.58. The Morgan fingerprint density at radius 1 is 1.21 bits per heavy atom. The van der Waals surface area contributed by atoms with E-state index in [2.05, 4.69) is 59.9 Å². The SMILES string of the molecule is COC(=O)c1ccc(C=CCC2[C@@H](CO[Si](C)(C)C(C)(C)C)[C@H](C)C[C@@H]2C)s1. The zero-order valence-corrected chi connectivity index (χ0v) is 20.7. The fourth-order valence-electron chi connectivity index (χ4n) is 3.99. The summed E-state index contributed by atoms with van der Waals surface area (Å²) in [5.74, 6) is 2.47. The summed E-state index contributed by atoms with van der Waals surface area (Å²) in [6.07, 6.45) is 6.79. The molecule has 1 unspecified atom stereocenters. The molecule has 4 atom stereocenters. The first-order chi connectivity index (χ1) is 13.0. The summed E-state index contributed by atoms with van der Waals surface area (Å²) in [4.78, 5) is 13.4. The lowest BCUT2D eigenvalue weighted by Crippen LogP contribution is -2.42. The summed E-state index contributed by atoms with van der Waals surface area (Å²) in [7, 11) is -0.287. The van der Waals surface area contributed by atoms with Crippen LogP contribution in [0.4, 0.5) is 0 Å². The lowest BCUT2D eigenvalue weighted by Gasteiger charge is -2.38. The first-order valence-electron chi connectivity index (χ1n) is 10.4. The highest BCUT2D eigenvalue weighted by Gasteiger charge is 2.42. The predicted molar refractivity (Wildman–Crippen MR) is 122 cm³/mol. The number of carbonyl (C=O) groups excluding carboxylic acids is 1. The molecule has 0 radical (unpaired) electrons. The molecule has 0 saturated heterocycles. The number of carbonyl (C=O) groups is 1. The van der Waals surface area contributed by atoms with E-state index in [1.807, 2.05) is 12.1 Å². The Labute approximate surface area is 176 Å². The molecule has 0 N–H and O–H groups in total. The standard InChI is InChI=1S/C23H38O3SSi/c1-16-14-17(2)20(15-26-28(7,8)23(3,4)5)19(16)11-9-10-18-12-13-21(27-18)22(24)25-6/h9-10,12-13,16-17,19-20H,11,14-15H2,1-8H3/t16-,17+,19?,20-/m0/s1. The summed E-state index contributed by atoms with van der Waals surface area (Å²) < 4.78 is 11.4. The Bertz CT molecular complexity index is 686. The molecule has 3 nitrogen and oxygen atoms in total. The molecule has 0 spiro atoms. The van der Waals surface area contributed by atoms with Crippen molar-refractivity contribution in [2.75, 3.05) is 13.7 Å². The van der Waals surface area contributed by atoms with Gasteiger partial charge in [0.25, 0.3) is 0 Å². The number of methoxy groups -OCH3 is 1. The summed E-state index contributed by atoms with van der Waals surface area (Å²) in [5.41, 5.74) is 0. The molecule has 0 aliphatic heterocycles. The average molecular weight is 423 g/mol. The van der Waals surface area contributed by atoms with Crippen molar-refractivity contribution in [2.45, 2.75) is 65.6 Å². The molecule has 2 rings (SSSR count). The van der Waals surface area contributed by atoms with Crippen LogP contribution in [-0.2, 0) is 9.16 Å². The zero-order chi connectivity index (χ0) is 21.1. The van der Waals surface area contributed by atoms with Gasteiger partial charge in [0.15, 0.2) is 8.32 Å². The van der Waals surface area contributed by atoms with Crippen LogP contribution in [0.3, 0.4) is 0 Å².